The fraction of sp³-hybridized carbons (Fsp3) is 0.231. The highest BCUT2D eigenvalue weighted by Gasteiger charge is 2.56. The van der Waals surface area contributed by atoms with E-state index in [4.69, 9.17) is 10.5 Å². The number of rotatable bonds is 9. The standard InChI is InChI=1S/C26H23F4N5O4/c1-2-39-23-16(12-20(31)36)11-19(34-22(23)15-6-8-17(27)9-7-15)25(38,26(28,29)30)14-32-24(37)18-13-35-10-4-3-5-21(35)33-18/h3-11,13,38H,2,12,14H2,1H3,(H2,31,36)(H,32,37)/t25-/m0/s1. The molecule has 0 saturated carbocycles. The molecule has 2 amide bonds. The quantitative estimate of drug-likeness (QED) is 0.277. The number of amides is 2. The minimum absolute atomic E-state index is 0.0510. The summed E-state index contributed by atoms with van der Waals surface area (Å²) in [4.78, 5) is 32.6. The van der Waals surface area contributed by atoms with Crippen molar-refractivity contribution in [3.8, 4) is 17.0 Å². The first-order valence-corrected chi connectivity index (χ1v) is 11.7. The summed E-state index contributed by atoms with van der Waals surface area (Å²) in [6.45, 7) is 0.333. The van der Waals surface area contributed by atoms with Gasteiger partial charge in [-0.2, -0.15) is 13.2 Å². The Hall–Kier alpha value is -4.52. The second-order valence-electron chi connectivity index (χ2n) is 8.56. The van der Waals surface area contributed by atoms with Crippen molar-refractivity contribution in [3.05, 3.63) is 83.7 Å². The first-order chi connectivity index (χ1) is 18.4. The maximum absolute atomic E-state index is 14.4. The van der Waals surface area contributed by atoms with Gasteiger partial charge in [0.15, 0.2) is 0 Å². The lowest BCUT2D eigenvalue weighted by atomic mass is 9.93. The molecule has 0 fully saturated rings. The predicted octanol–water partition coefficient (Wildman–Crippen LogP) is 3.14. The Morgan fingerprint density at radius 2 is 1.85 bits per heavy atom. The maximum Gasteiger partial charge on any atom is 0.424 e. The van der Waals surface area contributed by atoms with Crippen molar-refractivity contribution in [3.63, 3.8) is 0 Å². The third kappa shape index (κ3) is 5.67. The van der Waals surface area contributed by atoms with Gasteiger partial charge in [-0.05, 0) is 49.4 Å². The van der Waals surface area contributed by atoms with Gasteiger partial charge in [-0.15, -0.1) is 0 Å². The summed E-state index contributed by atoms with van der Waals surface area (Å²) in [6, 6.07) is 10.5. The monoisotopic (exact) mass is 545 g/mol. The molecule has 0 aliphatic carbocycles. The summed E-state index contributed by atoms with van der Waals surface area (Å²) >= 11 is 0. The summed E-state index contributed by atoms with van der Waals surface area (Å²) < 4.78 is 63.9. The van der Waals surface area contributed by atoms with Crippen LogP contribution in [0.2, 0.25) is 0 Å². The molecule has 13 heteroatoms. The van der Waals surface area contributed by atoms with Gasteiger partial charge in [0.1, 0.15) is 28.6 Å². The van der Waals surface area contributed by atoms with Crippen molar-refractivity contribution in [2.45, 2.75) is 25.1 Å². The molecule has 1 aromatic carbocycles. The van der Waals surface area contributed by atoms with E-state index in [0.717, 1.165) is 18.2 Å². The van der Waals surface area contributed by atoms with Crippen molar-refractivity contribution in [1.29, 1.82) is 0 Å². The van der Waals surface area contributed by atoms with Crippen LogP contribution < -0.4 is 15.8 Å². The van der Waals surface area contributed by atoms with E-state index in [1.54, 1.807) is 31.3 Å². The van der Waals surface area contributed by atoms with Crippen LogP contribution in [0.1, 0.15) is 28.7 Å². The van der Waals surface area contributed by atoms with Crippen LogP contribution in [0.25, 0.3) is 16.9 Å². The van der Waals surface area contributed by atoms with Crippen molar-refractivity contribution in [1.82, 2.24) is 19.7 Å². The zero-order chi connectivity index (χ0) is 28.4. The number of fused-ring (bicyclic) bond motifs is 1. The highest BCUT2D eigenvalue weighted by Crippen LogP contribution is 2.42. The molecule has 0 bridgehead atoms. The van der Waals surface area contributed by atoms with E-state index in [0.29, 0.717) is 5.65 Å². The van der Waals surface area contributed by atoms with Gasteiger partial charge in [0.25, 0.3) is 5.91 Å². The normalized spacial score (nSPS) is 13.2. The topological polar surface area (TPSA) is 132 Å². The molecule has 0 aliphatic rings. The van der Waals surface area contributed by atoms with Crippen LogP contribution in [0.15, 0.2) is 60.9 Å². The molecule has 3 aromatic heterocycles. The van der Waals surface area contributed by atoms with Crippen LogP contribution in [0.5, 0.6) is 5.75 Å². The molecule has 204 valence electrons. The third-order valence-corrected chi connectivity index (χ3v) is 5.82. The Labute approximate surface area is 219 Å². The third-order valence-electron chi connectivity index (χ3n) is 5.82. The van der Waals surface area contributed by atoms with Crippen LogP contribution in [-0.4, -0.2) is 50.6 Å². The van der Waals surface area contributed by atoms with Crippen LogP contribution in [0, 0.1) is 5.82 Å². The molecule has 39 heavy (non-hydrogen) atoms. The SMILES string of the molecule is CCOc1c(CC(N)=O)cc([C@@](O)(CNC(=O)c2cn3ccccc3n2)C(F)(F)F)nc1-c1ccc(F)cc1. The number of carbonyl (C=O) groups excluding carboxylic acids is 2. The van der Waals surface area contributed by atoms with Crippen LogP contribution in [-0.2, 0) is 16.8 Å². The molecular formula is C26H23F4N5O4. The number of halogens is 4. The number of imidazole rings is 1. The Balaban J connectivity index is 1.79. The van der Waals surface area contributed by atoms with Crippen molar-refractivity contribution in [2.24, 2.45) is 5.73 Å². The molecule has 0 spiro atoms. The highest BCUT2D eigenvalue weighted by molar-refractivity contribution is 5.93. The van der Waals surface area contributed by atoms with E-state index >= 15 is 0 Å². The van der Waals surface area contributed by atoms with E-state index in [-0.39, 0.29) is 34.9 Å². The van der Waals surface area contributed by atoms with Crippen LogP contribution in [0.4, 0.5) is 17.6 Å². The minimum atomic E-state index is -5.33. The molecule has 0 aliphatic heterocycles. The Morgan fingerprint density at radius 1 is 1.13 bits per heavy atom. The maximum atomic E-state index is 14.4. The van der Waals surface area contributed by atoms with Gasteiger partial charge in [-0.25, -0.2) is 14.4 Å². The van der Waals surface area contributed by atoms with Crippen molar-refractivity contribution in [2.75, 3.05) is 13.2 Å². The van der Waals surface area contributed by atoms with E-state index < -0.39 is 48.1 Å². The van der Waals surface area contributed by atoms with Gasteiger partial charge in [-0.3, -0.25) is 9.59 Å². The summed E-state index contributed by atoms with van der Waals surface area (Å²) in [6.07, 6.45) is -2.94. The van der Waals surface area contributed by atoms with Crippen molar-refractivity contribution < 1.29 is 37.0 Å². The highest BCUT2D eigenvalue weighted by atomic mass is 19.4. The Kier molecular flexibility index (Phi) is 7.54. The number of carbonyl (C=O) groups is 2. The second-order valence-corrected chi connectivity index (χ2v) is 8.56. The smallest absolute Gasteiger partial charge is 0.424 e. The largest absolute Gasteiger partial charge is 0.491 e. The molecule has 0 unspecified atom stereocenters. The lowest BCUT2D eigenvalue weighted by Crippen LogP contribution is -2.51. The van der Waals surface area contributed by atoms with Crippen LogP contribution in [0.3, 0.4) is 0 Å². The number of alkyl halides is 3. The fourth-order valence-electron chi connectivity index (χ4n) is 3.90. The fourth-order valence-corrected chi connectivity index (χ4v) is 3.90. The Bertz CT molecular complexity index is 1490. The first-order valence-electron chi connectivity index (χ1n) is 11.7. The van der Waals surface area contributed by atoms with E-state index in [9.17, 15) is 32.3 Å². The number of nitrogens with zero attached hydrogens (tertiary/aromatic N) is 3. The van der Waals surface area contributed by atoms with Gasteiger partial charge < -0.3 is 25.3 Å². The molecule has 3 heterocycles. The zero-order valence-electron chi connectivity index (χ0n) is 20.5. The average Bonchev–Trinajstić information content (AvgIpc) is 3.32. The number of benzene rings is 1. The van der Waals surface area contributed by atoms with Crippen LogP contribution >= 0.6 is 0 Å². The molecule has 0 radical (unpaired) electrons. The van der Waals surface area contributed by atoms with Gasteiger partial charge in [0, 0.05) is 23.5 Å². The molecular weight excluding hydrogens is 522 g/mol. The number of aromatic nitrogens is 3. The minimum Gasteiger partial charge on any atom is -0.491 e. The molecule has 1 atom stereocenters. The van der Waals surface area contributed by atoms with E-state index in [1.807, 2.05) is 0 Å². The lowest BCUT2D eigenvalue weighted by molar-refractivity contribution is -0.265. The number of hydrogen-bond acceptors (Lipinski definition) is 6. The predicted molar refractivity (Wildman–Crippen MR) is 131 cm³/mol. The lowest BCUT2D eigenvalue weighted by Gasteiger charge is -2.31. The first kappa shape index (κ1) is 27.5. The molecule has 0 saturated heterocycles. The molecule has 4 N–H and O–H groups in total. The van der Waals surface area contributed by atoms with Gasteiger partial charge in [0.05, 0.1) is 25.3 Å². The number of ether oxygens (including phenoxy) is 1. The number of hydrogen-bond donors (Lipinski definition) is 3. The van der Waals surface area contributed by atoms with E-state index in [2.05, 4.69) is 15.3 Å². The second kappa shape index (κ2) is 10.7. The summed E-state index contributed by atoms with van der Waals surface area (Å²) in [5.41, 5.74) is 0.809. The molecule has 4 aromatic rings. The van der Waals surface area contributed by atoms with E-state index in [1.165, 1.54) is 22.7 Å². The molecule has 4 rings (SSSR count). The van der Waals surface area contributed by atoms with Gasteiger partial charge in [0.2, 0.25) is 11.5 Å². The number of primary amides is 1. The summed E-state index contributed by atoms with van der Waals surface area (Å²) in [5.74, 6) is -2.51. The van der Waals surface area contributed by atoms with Gasteiger partial charge >= 0.3 is 6.18 Å². The number of aliphatic hydroxyl groups is 1. The zero-order valence-corrected chi connectivity index (χ0v) is 20.5. The summed E-state index contributed by atoms with van der Waals surface area (Å²) in [5, 5.41) is 13.1. The Morgan fingerprint density at radius 3 is 2.46 bits per heavy atom. The number of nitrogens with one attached hydrogen (secondary N) is 1. The number of nitrogens with two attached hydrogens (primary N) is 1. The average molecular weight is 545 g/mol. The molecule has 9 nitrogen and oxygen atoms in total. The number of pyridine rings is 2. The van der Waals surface area contributed by atoms with Gasteiger partial charge in [-0.1, -0.05) is 6.07 Å². The van der Waals surface area contributed by atoms with Crippen molar-refractivity contribution >= 4 is 17.5 Å². The summed E-state index contributed by atoms with van der Waals surface area (Å²) in [7, 11) is 0.